The highest BCUT2D eigenvalue weighted by Gasteiger charge is 2.13. The van der Waals surface area contributed by atoms with E-state index in [0.29, 0.717) is 5.56 Å². The zero-order chi connectivity index (χ0) is 13.9. The number of rotatable bonds is 3. The molecule has 4 nitrogen and oxygen atoms in total. The van der Waals surface area contributed by atoms with Crippen molar-refractivity contribution in [2.45, 2.75) is 13.6 Å². The maximum atomic E-state index is 9.27. The summed E-state index contributed by atoms with van der Waals surface area (Å²) in [6.45, 7) is 0. The standard InChI is InChI=1S/C13H8N4S3/c1-18-12-16-17-13(20-12)19-11-8(6-14)7-15-10-5-3-2-4-9(10)11/h2-5,7H,1H3. The predicted octanol–water partition coefficient (Wildman–Crippen LogP) is 3.83. The molecule has 0 unspecified atom stereocenters. The van der Waals surface area contributed by atoms with E-state index in [-0.39, 0.29) is 0 Å². The molecule has 0 saturated heterocycles. The molecular formula is C13H8N4S3. The number of para-hydroxylation sites is 1. The van der Waals surface area contributed by atoms with Gasteiger partial charge < -0.3 is 0 Å². The van der Waals surface area contributed by atoms with E-state index in [4.69, 9.17) is 0 Å². The molecular weight excluding hydrogens is 308 g/mol. The zero-order valence-electron chi connectivity index (χ0n) is 10.4. The average molecular weight is 316 g/mol. The molecule has 1 aromatic carbocycles. The van der Waals surface area contributed by atoms with Crippen molar-refractivity contribution in [1.82, 2.24) is 15.2 Å². The maximum Gasteiger partial charge on any atom is 0.179 e. The third-order valence-corrected chi connectivity index (χ3v) is 5.69. The Morgan fingerprint density at radius 1 is 1.20 bits per heavy atom. The van der Waals surface area contributed by atoms with Crippen molar-refractivity contribution >= 4 is 45.8 Å². The number of nitrogens with zero attached hydrogens (tertiary/aromatic N) is 4. The lowest BCUT2D eigenvalue weighted by atomic mass is 10.2. The Morgan fingerprint density at radius 3 is 2.75 bits per heavy atom. The van der Waals surface area contributed by atoms with Crippen LogP contribution in [0.5, 0.6) is 0 Å². The van der Waals surface area contributed by atoms with Gasteiger partial charge in [-0.25, -0.2) is 0 Å². The highest BCUT2D eigenvalue weighted by Crippen LogP contribution is 2.37. The molecule has 0 radical (unpaired) electrons. The summed E-state index contributed by atoms with van der Waals surface area (Å²) >= 11 is 4.57. The van der Waals surface area contributed by atoms with Crippen LogP contribution in [-0.4, -0.2) is 21.4 Å². The SMILES string of the molecule is CSc1nnc(Sc2c(C#N)cnc3ccccc23)s1. The first-order valence-electron chi connectivity index (χ1n) is 5.65. The Bertz CT molecular complexity index is 807. The molecule has 3 aromatic rings. The molecule has 0 aliphatic heterocycles. The minimum atomic E-state index is 0.564. The van der Waals surface area contributed by atoms with Gasteiger partial charge in [-0.3, -0.25) is 4.98 Å². The van der Waals surface area contributed by atoms with Gasteiger partial charge in [0, 0.05) is 16.5 Å². The largest absolute Gasteiger partial charge is 0.255 e. The van der Waals surface area contributed by atoms with Crippen LogP contribution in [0.15, 0.2) is 44.0 Å². The van der Waals surface area contributed by atoms with Crippen molar-refractivity contribution in [3.8, 4) is 6.07 Å². The molecule has 7 heteroatoms. The van der Waals surface area contributed by atoms with E-state index >= 15 is 0 Å². The Labute approximate surface area is 128 Å². The predicted molar refractivity (Wildman–Crippen MR) is 82.3 cm³/mol. The lowest BCUT2D eigenvalue weighted by molar-refractivity contribution is 0.956. The van der Waals surface area contributed by atoms with Gasteiger partial charge in [-0.15, -0.1) is 10.2 Å². The minimum Gasteiger partial charge on any atom is -0.255 e. The Morgan fingerprint density at radius 2 is 2.00 bits per heavy atom. The normalized spacial score (nSPS) is 10.6. The molecule has 0 bridgehead atoms. The maximum absolute atomic E-state index is 9.27. The van der Waals surface area contributed by atoms with E-state index in [0.717, 1.165) is 24.5 Å². The van der Waals surface area contributed by atoms with Gasteiger partial charge in [0.25, 0.3) is 0 Å². The van der Waals surface area contributed by atoms with Gasteiger partial charge in [0.2, 0.25) is 0 Å². The highest BCUT2D eigenvalue weighted by atomic mass is 32.2. The van der Waals surface area contributed by atoms with E-state index < -0.39 is 0 Å². The zero-order valence-corrected chi connectivity index (χ0v) is 12.8. The molecule has 2 heterocycles. The summed E-state index contributed by atoms with van der Waals surface area (Å²) in [5.41, 5.74) is 1.44. The van der Waals surface area contributed by atoms with Gasteiger partial charge in [0.1, 0.15) is 6.07 Å². The molecule has 0 amide bonds. The second-order valence-corrected chi connectivity index (χ2v) is 7.06. The van der Waals surface area contributed by atoms with Crippen molar-refractivity contribution in [3.05, 3.63) is 36.0 Å². The molecule has 0 saturated carbocycles. The second-order valence-electron chi connectivity index (χ2n) is 3.77. The molecule has 2 aromatic heterocycles. The van der Waals surface area contributed by atoms with Crippen LogP contribution in [0.2, 0.25) is 0 Å². The fourth-order valence-corrected chi connectivity index (χ4v) is 4.28. The Balaban J connectivity index is 2.11. The summed E-state index contributed by atoms with van der Waals surface area (Å²) in [5, 5.41) is 18.5. The van der Waals surface area contributed by atoms with E-state index in [1.807, 2.05) is 30.5 Å². The van der Waals surface area contributed by atoms with Crippen molar-refractivity contribution in [2.75, 3.05) is 6.26 Å². The number of hydrogen-bond acceptors (Lipinski definition) is 7. The first kappa shape index (κ1) is 13.4. The molecule has 0 atom stereocenters. The average Bonchev–Trinajstić information content (AvgIpc) is 2.95. The van der Waals surface area contributed by atoms with E-state index in [9.17, 15) is 5.26 Å². The van der Waals surface area contributed by atoms with Crippen molar-refractivity contribution in [3.63, 3.8) is 0 Å². The number of nitriles is 1. The first-order chi connectivity index (χ1) is 9.81. The second kappa shape index (κ2) is 5.79. The van der Waals surface area contributed by atoms with Crippen molar-refractivity contribution < 1.29 is 0 Å². The monoisotopic (exact) mass is 316 g/mol. The number of hydrogen-bond donors (Lipinski definition) is 0. The van der Waals surface area contributed by atoms with Gasteiger partial charge in [-0.2, -0.15) is 5.26 Å². The Kier molecular flexibility index (Phi) is 3.87. The summed E-state index contributed by atoms with van der Waals surface area (Å²) in [6.07, 6.45) is 3.58. The topological polar surface area (TPSA) is 62.5 Å². The number of fused-ring (bicyclic) bond motifs is 1. The van der Waals surface area contributed by atoms with Gasteiger partial charge in [-0.05, 0) is 12.3 Å². The minimum absolute atomic E-state index is 0.564. The molecule has 98 valence electrons. The van der Waals surface area contributed by atoms with Crippen molar-refractivity contribution in [1.29, 1.82) is 5.26 Å². The number of aromatic nitrogens is 3. The smallest absolute Gasteiger partial charge is 0.179 e. The van der Waals surface area contributed by atoms with Gasteiger partial charge in [-0.1, -0.05) is 53.1 Å². The van der Waals surface area contributed by atoms with E-state index in [2.05, 4.69) is 21.3 Å². The first-order valence-corrected chi connectivity index (χ1v) is 8.51. The van der Waals surface area contributed by atoms with Crippen molar-refractivity contribution in [2.24, 2.45) is 0 Å². The summed E-state index contributed by atoms with van der Waals surface area (Å²) in [6, 6.07) is 9.99. The van der Waals surface area contributed by atoms with Crippen LogP contribution in [0.25, 0.3) is 10.9 Å². The van der Waals surface area contributed by atoms with Crippen LogP contribution < -0.4 is 0 Å². The molecule has 0 spiro atoms. The third kappa shape index (κ3) is 2.50. The lowest BCUT2D eigenvalue weighted by Gasteiger charge is -2.05. The van der Waals surface area contributed by atoms with E-state index in [1.165, 1.54) is 23.1 Å². The number of thioether (sulfide) groups is 1. The van der Waals surface area contributed by atoms with Gasteiger partial charge in [0.15, 0.2) is 8.68 Å². The molecule has 0 N–H and O–H groups in total. The summed E-state index contributed by atoms with van der Waals surface area (Å²) in [7, 11) is 0. The summed E-state index contributed by atoms with van der Waals surface area (Å²) < 4.78 is 1.76. The van der Waals surface area contributed by atoms with Crippen LogP contribution in [-0.2, 0) is 0 Å². The Hall–Kier alpha value is -1.62. The summed E-state index contributed by atoms with van der Waals surface area (Å²) in [4.78, 5) is 5.19. The van der Waals surface area contributed by atoms with Crippen LogP contribution >= 0.6 is 34.9 Å². The van der Waals surface area contributed by atoms with Crippen LogP contribution in [0.3, 0.4) is 0 Å². The summed E-state index contributed by atoms with van der Waals surface area (Å²) in [5.74, 6) is 0. The quantitative estimate of drug-likeness (QED) is 0.684. The lowest BCUT2D eigenvalue weighted by Crippen LogP contribution is -1.87. The molecule has 0 aliphatic rings. The van der Waals surface area contributed by atoms with Crippen LogP contribution in [0.4, 0.5) is 0 Å². The fraction of sp³-hybridized carbons (Fsp3) is 0.0769. The number of pyridine rings is 1. The highest BCUT2D eigenvalue weighted by molar-refractivity contribution is 8.03. The third-order valence-electron chi connectivity index (χ3n) is 2.60. The molecule has 0 aliphatic carbocycles. The van der Waals surface area contributed by atoms with Crippen LogP contribution in [0, 0.1) is 11.3 Å². The van der Waals surface area contributed by atoms with Crippen LogP contribution in [0.1, 0.15) is 5.56 Å². The molecule has 3 rings (SSSR count). The number of benzene rings is 1. The van der Waals surface area contributed by atoms with E-state index in [1.54, 1.807) is 18.0 Å². The van der Waals surface area contributed by atoms with Gasteiger partial charge in [0.05, 0.1) is 11.1 Å². The fourth-order valence-electron chi connectivity index (χ4n) is 1.71. The molecule has 0 fully saturated rings. The molecule has 20 heavy (non-hydrogen) atoms. The van der Waals surface area contributed by atoms with Gasteiger partial charge >= 0.3 is 0 Å².